The molecule has 1 unspecified atom stereocenters. The Morgan fingerprint density at radius 1 is 1.00 bits per heavy atom. The van der Waals surface area contributed by atoms with Gasteiger partial charge in [-0.15, -0.1) is 0 Å². The minimum atomic E-state index is -2.09. The summed E-state index contributed by atoms with van der Waals surface area (Å²) < 4.78 is 0. The van der Waals surface area contributed by atoms with Gasteiger partial charge in [-0.25, -0.2) is 4.79 Å². The number of aliphatic carboxylic acids is 1. The van der Waals surface area contributed by atoms with Crippen LogP contribution in [0.4, 0.5) is 5.69 Å². The Bertz CT molecular complexity index is 568. The Kier molecular flexibility index (Phi) is 3.04. The zero-order chi connectivity index (χ0) is 13.2. The van der Waals surface area contributed by atoms with E-state index in [9.17, 15) is 15.0 Å². The van der Waals surface area contributed by atoms with E-state index in [1.807, 2.05) is 0 Å². The van der Waals surface area contributed by atoms with Gasteiger partial charge < -0.3 is 15.9 Å². The molecule has 0 aliphatic rings. The van der Waals surface area contributed by atoms with E-state index in [1.165, 1.54) is 12.1 Å². The van der Waals surface area contributed by atoms with Crippen molar-refractivity contribution in [2.75, 3.05) is 5.73 Å². The van der Waals surface area contributed by atoms with Crippen LogP contribution in [0.1, 0.15) is 11.1 Å². The fourth-order valence-electron chi connectivity index (χ4n) is 1.86. The minimum absolute atomic E-state index is 0.237. The lowest BCUT2D eigenvalue weighted by molar-refractivity contribution is -0.155. The van der Waals surface area contributed by atoms with E-state index in [0.29, 0.717) is 11.3 Å². The lowest BCUT2D eigenvalue weighted by atomic mass is 9.86. The second-order valence-electron chi connectivity index (χ2n) is 4.01. The topological polar surface area (TPSA) is 83.5 Å². The van der Waals surface area contributed by atoms with Gasteiger partial charge in [0.05, 0.1) is 0 Å². The number of hydrogen-bond donors (Lipinski definition) is 3. The summed E-state index contributed by atoms with van der Waals surface area (Å²) in [4.78, 5) is 11.4. The van der Waals surface area contributed by atoms with Crippen LogP contribution < -0.4 is 5.73 Å². The van der Waals surface area contributed by atoms with E-state index in [2.05, 4.69) is 0 Å². The van der Waals surface area contributed by atoms with Crippen LogP contribution in [0.2, 0.25) is 0 Å². The van der Waals surface area contributed by atoms with E-state index < -0.39 is 11.6 Å². The summed E-state index contributed by atoms with van der Waals surface area (Å²) in [6.45, 7) is 0. The normalized spacial score (nSPS) is 13.8. The van der Waals surface area contributed by atoms with E-state index in [1.54, 1.807) is 42.5 Å². The summed E-state index contributed by atoms with van der Waals surface area (Å²) in [5, 5.41) is 19.8. The Balaban J connectivity index is 2.62. The molecule has 0 amide bonds. The Morgan fingerprint density at radius 2 is 1.61 bits per heavy atom. The zero-order valence-electron chi connectivity index (χ0n) is 9.58. The molecule has 0 aliphatic heterocycles. The molecule has 0 saturated heterocycles. The third-order valence-corrected chi connectivity index (χ3v) is 2.81. The largest absolute Gasteiger partial charge is 0.479 e. The minimum Gasteiger partial charge on any atom is -0.479 e. The van der Waals surface area contributed by atoms with Gasteiger partial charge in [0.2, 0.25) is 5.60 Å². The average Bonchev–Trinajstić information content (AvgIpc) is 2.38. The molecule has 92 valence electrons. The molecule has 2 rings (SSSR count). The van der Waals surface area contributed by atoms with E-state index in [4.69, 9.17) is 5.73 Å². The van der Waals surface area contributed by atoms with Crippen molar-refractivity contribution in [3.8, 4) is 0 Å². The van der Waals surface area contributed by atoms with Crippen LogP contribution >= 0.6 is 0 Å². The highest BCUT2D eigenvalue weighted by molar-refractivity contribution is 5.84. The third kappa shape index (κ3) is 1.94. The number of carbonyl (C=O) groups is 1. The fraction of sp³-hybridized carbons (Fsp3) is 0.0714. The number of nitrogen functional groups attached to an aromatic ring is 1. The zero-order valence-corrected chi connectivity index (χ0v) is 9.58. The number of nitrogens with two attached hydrogens (primary N) is 1. The highest BCUT2D eigenvalue weighted by Crippen LogP contribution is 2.30. The molecular formula is C14H13NO3. The van der Waals surface area contributed by atoms with Crippen LogP contribution in [-0.4, -0.2) is 16.2 Å². The molecular weight excluding hydrogens is 230 g/mol. The lowest BCUT2D eigenvalue weighted by Gasteiger charge is -2.24. The number of carboxylic acids is 1. The highest BCUT2D eigenvalue weighted by atomic mass is 16.4. The molecule has 2 aromatic rings. The summed E-state index contributed by atoms with van der Waals surface area (Å²) in [5.74, 6) is -1.33. The maximum Gasteiger partial charge on any atom is 0.345 e. The molecule has 0 saturated carbocycles. The number of rotatable bonds is 3. The first-order valence-corrected chi connectivity index (χ1v) is 5.42. The smallest absolute Gasteiger partial charge is 0.345 e. The molecule has 4 N–H and O–H groups in total. The first-order valence-electron chi connectivity index (χ1n) is 5.42. The van der Waals surface area contributed by atoms with Crippen LogP contribution in [0.15, 0.2) is 54.6 Å². The molecule has 4 heteroatoms. The Morgan fingerprint density at radius 3 is 2.17 bits per heavy atom. The molecule has 1 atom stereocenters. The van der Waals surface area contributed by atoms with Gasteiger partial charge in [-0.3, -0.25) is 0 Å². The van der Waals surface area contributed by atoms with Gasteiger partial charge in [0.15, 0.2) is 0 Å². The first-order chi connectivity index (χ1) is 8.55. The second-order valence-corrected chi connectivity index (χ2v) is 4.01. The molecule has 2 aromatic carbocycles. The quantitative estimate of drug-likeness (QED) is 0.715. The van der Waals surface area contributed by atoms with Crippen molar-refractivity contribution >= 4 is 11.7 Å². The Labute approximate surface area is 104 Å². The number of aliphatic hydroxyl groups is 1. The molecule has 4 nitrogen and oxygen atoms in total. The van der Waals surface area contributed by atoms with Gasteiger partial charge in [-0.1, -0.05) is 42.5 Å². The van der Waals surface area contributed by atoms with Gasteiger partial charge in [0.1, 0.15) is 0 Å². The fourth-order valence-corrected chi connectivity index (χ4v) is 1.86. The average molecular weight is 243 g/mol. The molecule has 0 radical (unpaired) electrons. The third-order valence-electron chi connectivity index (χ3n) is 2.81. The van der Waals surface area contributed by atoms with Crippen LogP contribution in [0.25, 0.3) is 0 Å². The Hall–Kier alpha value is -2.33. The van der Waals surface area contributed by atoms with Crippen LogP contribution in [0.5, 0.6) is 0 Å². The van der Waals surface area contributed by atoms with Crippen molar-refractivity contribution < 1.29 is 15.0 Å². The second kappa shape index (κ2) is 4.50. The summed E-state index contributed by atoms with van der Waals surface area (Å²) in [6, 6.07) is 14.5. The van der Waals surface area contributed by atoms with E-state index >= 15 is 0 Å². The van der Waals surface area contributed by atoms with Gasteiger partial charge in [0, 0.05) is 11.3 Å². The van der Waals surface area contributed by atoms with Crippen molar-refractivity contribution in [1.82, 2.24) is 0 Å². The standard InChI is InChI=1S/C14H13NO3/c15-12-8-4-7-11(9-12)14(18,13(16)17)10-5-2-1-3-6-10/h1-9,18H,15H2,(H,16,17). The number of carboxylic acid groups (broad SMARTS) is 1. The molecule has 0 fully saturated rings. The monoisotopic (exact) mass is 243 g/mol. The molecule has 0 aromatic heterocycles. The van der Waals surface area contributed by atoms with Crippen LogP contribution in [-0.2, 0) is 10.4 Å². The summed E-state index contributed by atoms with van der Waals surface area (Å²) in [6.07, 6.45) is 0. The van der Waals surface area contributed by atoms with Crippen molar-refractivity contribution in [2.24, 2.45) is 0 Å². The van der Waals surface area contributed by atoms with Crippen molar-refractivity contribution in [1.29, 1.82) is 0 Å². The van der Waals surface area contributed by atoms with Gasteiger partial charge in [0.25, 0.3) is 0 Å². The maximum atomic E-state index is 11.4. The SMILES string of the molecule is Nc1cccc(C(O)(C(=O)O)c2ccccc2)c1. The molecule has 0 heterocycles. The maximum absolute atomic E-state index is 11.4. The van der Waals surface area contributed by atoms with Gasteiger partial charge in [-0.2, -0.15) is 0 Å². The number of hydrogen-bond acceptors (Lipinski definition) is 3. The predicted molar refractivity (Wildman–Crippen MR) is 67.9 cm³/mol. The van der Waals surface area contributed by atoms with E-state index in [0.717, 1.165) is 0 Å². The van der Waals surface area contributed by atoms with Crippen LogP contribution in [0.3, 0.4) is 0 Å². The molecule has 0 bridgehead atoms. The van der Waals surface area contributed by atoms with Crippen molar-refractivity contribution in [2.45, 2.75) is 5.60 Å². The van der Waals surface area contributed by atoms with Crippen molar-refractivity contribution in [3.05, 3.63) is 65.7 Å². The summed E-state index contributed by atoms with van der Waals surface area (Å²) in [5.41, 5.74) is 4.48. The first kappa shape index (κ1) is 12.1. The molecule has 18 heavy (non-hydrogen) atoms. The summed E-state index contributed by atoms with van der Waals surface area (Å²) >= 11 is 0. The summed E-state index contributed by atoms with van der Waals surface area (Å²) in [7, 11) is 0. The number of benzene rings is 2. The highest BCUT2D eigenvalue weighted by Gasteiger charge is 2.40. The van der Waals surface area contributed by atoms with Crippen molar-refractivity contribution in [3.63, 3.8) is 0 Å². The van der Waals surface area contributed by atoms with Crippen LogP contribution in [0, 0.1) is 0 Å². The van der Waals surface area contributed by atoms with Gasteiger partial charge >= 0.3 is 5.97 Å². The predicted octanol–water partition coefficient (Wildman–Crippen LogP) is 1.59. The molecule has 0 spiro atoms. The van der Waals surface area contributed by atoms with Gasteiger partial charge in [-0.05, 0) is 17.7 Å². The van der Waals surface area contributed by atoms with E-state index in [-0.39, 0.29) is 5.56 Å². The lowest BCUT2D eigenvalue weighted by Crippen LogP contribution is -2.36. The number of anilines is 1. The molecule has 0 aliphatic carbocycles.